The molecule has 0 aliphatic carbocycles. The maximum Gasteiger partial charge on any atom is 0.339 e. The highest BCUT2D eigenvalue weighted by atomic mass is 16.7. The topological polar surface area (TPSA) is 45.1 Å². The van der Waals surface area contributed by atoms with Crippen molar-refractivity contribution in [3.63, 3.8) is 0 Å². The van der Waals surface area contributed by atoms with Gasteiger partial charge in [-0.1, -0.05) is 30.3 Å². The Bertz CT molecular complexity index is 404. The van der Waals surface area contributed by atoms with Crippen LogP contribution in [0.1, 0.15) is 5.56 Å². The summed E-state index contributed by atoms with van der Waals surface area (Å²) in [6, 6.07) is 9.44. The number of oxime groups is 1. The summed E-state index contributed by atoms with van der Waals surface area (Å²) in [6.45, 7) is 0. The van der Waals surface area contributed by atoms with E-state index in [0.717, 1.165) is 5.56 Å². The third kappa shape index (κ3) is 4.45. The summed E-state index contributed by atoms with van der Waals surface area (Å²) in [5, 5.41) is 3.84. The summed E-state index contributed by atoms with van der Waals surface area (Å²) in [5.41, 5.74) is 0.911. The zero-order valence-electron chi connectivity index (χ0n) is 11.3. The van der Waals surface area contributed by atoms with E-state index < -0.39 is 0 Å². The molecular weight excluding hydrogens is 230 g/mol. The Balaban J connectivity index is 2.57. The van der Waals surface area contributed by atoms with Crippen molar-refractivity contribution in [3.05, 3.63) is 35.9 Å². The van der Waals surface area contributed by atoms with Crippen molar-refractivity contribution in [3.8, 4) is 0 Å². The quantitative estimate of drug-likeness (QED) is 0.349. The van der Waals surface area contributed by atoms with Gasteiger partial charge in [0.15, 0.2) is 0 Å². The van der Waals surface area contributed by atoms with E-state index in [-0.39, 0.29) is 12.4 Å². The zero-order valence-corrected chi connectivity index (χ0v) is 11.3. The third-order valence-corrected chi connectivity index (χ3v) is 2.22. The molecule has 0 spiro atoms. The van der Waals surface area contributed by atoms with Gasteiger partial charge < -0.3 is 14.6 Å². The van der Waals surface area contributed by atoms with Gasteiger partial charge in [-0.2, -0.15) is 0 Å². The molecule has 0 aliphatic rings. The average molecular weight is 249 g/mol. The Hall–Kier alpha value is -2.04. The number of carbonyl (C=O) groups excluding carboxylic acids is 1. The van der Waals surface area contributed by atoms with E-state index in [1.54, 1.807) is 9.80 Å². The minimum atomic E-state index is -0.373. The molecule has 0 amide bonds. The summed E-state index contributed by atoms with van der Waals surface area (Å²) < 4.78 is 0. The molecule has 0 bridgehead atoms. The smallest absolute Gasteiger partial charge is 0.339 e. The Kier molecular flexibility index (Phi) is 5.17. The lowest BCUT2D eigenvalue weighted by Crippen LogP contribution is -2.35. The van der Waals surface area contributed by atoms with Gasteiger partial charge in [-0.15, -0.1) is 0 Å². The molecule has 98 valence electrons. The molecular formula is C13H19N3O2. The van der Waals surface area contributed by atoms with Crippen LogP contribution in [0.4, 0.5) is 0 Å². The molecule has 5 nitrogen and oxygen atoms in total. The van der Waals surface area contributed by atoms with Crippen molar-refractivity contribution >= 4 is 11.9 Å². The van der Waals surface area contributed by atoms with E-state index in [1.165, 1.54) is 0 Å². The number of benzene rings is 1. The van der Waals surface area contributed by atoms with Crippen molar-refractivity contribution < 1.29 is 9.63 Å². The molecule has 0 atom stereocenters. The summed E-state index contributed by atoms with van der Waals surface area (Å²) >= 11 is 0. The van der Waals surface area contributed by atoms with Crippen LogP contribution in [-0.4, -0.2) is 49.9 Å². The maximum atomic E-state index is 11.6. The van der Waals surface area contributed by atoms with Gasteiger partial charge in [-0.3, -0.25) is 0 Å². The monoisotopic (exact) mass is 249 g/mol. The molecule has 1 aromatic rings. The molecule has 0 saturated heterocycles. The van der Waals surface area contributed by atoms with Crippen LogP contribution in [0.15, 0.2) is 35.5 Å². The highest BCUT2D eigenvalue weighted by Gasteiger charge is 2.08. The number of nitrogens with zero attached hydrogens (tertiary/aromatic N) is 3. The molecule has 0 aliphatic heterocycles. The third-order valence-electron chi connectivity index (χ3n) is 2.22. The standard InChI is InChI=1S/C13H19N3O2/c1-15(2)13(16(3)4)14-18-12(17)10-11-8-6-5-7-9-11/h5-9H,10H2,1-4H3. The molecule has 18 heavy (non-hydrogen) atoms. The van der Waals surface area contributed by atoms with Gasteiger partial charge in [0.05, 0.1) is 6.42 Å². The maximum absolute atomic E-state index is 11.6. The van der Waals surface area contributed by atoms with Gasteiger partial charge in [0, 0.05) is 28.2 Å². The molecule has 0 unspecified atom stereocenters. The molecule has 0 heterocycles. The second kappa shape index (κ2) is 6.64. The lowest BCUT2D eigenvalue weighted by Gasteiger charge is -2.21. The van der Waals surface area contributed by atoms with Crippen LogP contribution in [0.2, 0.25) is 0 Å². The number of rotatable bonds is 3. The van der Waals surface area contributed by atoms with Crippen molar-refractivity contribution in [2.45, 2.75) is 6.42 Å². The Morgan fingerprint density at radius 1 is 1.11 bits per heavy atom. The minimum Gasteiger partial charge on any atom is -0.346 e. The highest BCUT2D eigenvalue weighted by molar-refractivity contribution is 5.80. The van der Waals surface area contributed by atoms with E-state index in [9.17, 15) is 4.79 Å². The first-order chi connectivity index (χ1) is 8.50. The first kappa shape index (κ1) is 14.0. The fourth-order valence-corrected chi connectivity index (χ4v) is 1.45. The molecule has 1 aromatic carbocycles. The zero-order chi connectivity index (χ0) is 13.5. The second-order valence-electron chi connectivity index (χ2n) is 4.31. The van der Waals surface area contributed by atoms with E-state index in [4.69, 9.17) is 4.84 Å². The summed E-state index contributed by atoms with van der Waals surface area (Å²) in [4.78, 5) is 20.0. The Labute approximate surface area is 108 Å². The number of hydrogen-bond donors (Lipinski definition) is 0. The largest absolute Gasteiger partial charge is 0.346 e. The highest BCUT2D eigenvalue weighted by Crippen LogP contribution is 2.01. The molecule has 0 fully saturated rings. The Morgan fingerprint density at radius 3 is 2.17 bits per heavy atom. The van der Waals surface area contributed by atoms with E-state index >= 15 is 0 Å². The van der Waals surface area contributed by atoms with Crippen LogP contribution >= 0.6 is 0 Å². The molecule has 0 saturated carbocycles. The predicted molar refractivity (Wildman–Crippen MR) is 71.0 cm³/mol. The van der Waals surface area contributed by atoms with Gasteiger partial charge in [0.25, 0.3) is 0 Å². The van der Waals surface area contributed by atoms with Gasteiger partial charge in [0.1, 0.15) is 0 Å². The fraction of sp³-hybridized carbons (Fsp3) is 0.385. The van der Waals surface area contributed by atoms with Gasteiger partial charge >= 0.3 is 5.97 Å². The van der Waals surface area contributed by atoms with Crippen molar-refractivity contribution in [2.24, 2.45) is 5.16 Å². The van der Waals surface area contributed by atoms with Crippen LogP contribution in [0.5, 0.6) is 0 Å². The van der Waals surface area contributed by atoms with Crippen molar-refractivity contribution in [1.82, 2.24) is 9.80 Å². The Morgan fingerprint density at radius 2 is 1.67 bits per heavy atom. The van der Waals surface area contributed by atoms with Crippen LogP contribution in [0.3, 0.4) is 0 Å². The lowest BCUT2D eigenvalue weighted by molar-refractivity contribution is -0.143. The van der Waals surface area contributed by atoms with E-state index in [1.807, 2.05) is 58.5 Å². The molecule has 0 aromatic heterocycles. The summed E-state index contributed by atoms with van der Waals surface area (Å²) in [6.07, 6.45) is 0.221. The number of carbonyl (C=O) groups is 1. The van der Waals surface area contributed by atoms with E-state index in [2.05, 4.69) is 5.16 Å². The first-order valence-corrected chi connectivity index (χ1v) is 5.67. The van der Waals surface area contributed by atoms with Gasteiger partial charge in [-0.25, -0.2) is 4.79 Å². The van der Waals surface area contributed by atoms with E-state index in [0.29, 0.717) is 5.96 Å². The average Bonchev–Trinajstić information content (AvgIpc) is 2.29. The second-order valence-corrected chi connectivity index (χ2v) is 4.31. The minimum absolute atomic E-state index is 0.221. The van der Waals surface area contributed by atoms with Crippen LogP contribution in [-0.2, 0) is 16.1 Å². The number of guanidine groups is 1. The molecule has 0 radical (unpaired) electrons. The summed E-state index contributed by atoms with van der Waals surface area (Å²) in [5.74, 6) is 0.207. The molecule has 5 heteroatoms. The van der Waals surface area contributed by atoms with Crippen molar-refractivity contribution in [1.29, 1.82) is 0 Å². The predicted octanol–water partition coefficient (Wildman–Crippen LogP) is 1.17. The number of hydrogen-bond acceptors (Lipinski definition) is 3. The lowest BCUT2D eigenvalue weighted by atomic mass is 10.2. The van der Waals surface area contributed by atoms with Crippen LogP contribution in [0, 0.1) is 0 Å². The van der Waals surface area contributed by atoms with Crippen molar-refractivity contribution in [2.75, 3.05) is 28.2 Å². The SMILES string of the molecule is CN(C)C(=NOC(=O)Cc1ccccc1)N(C)C. The summed E-state index contributed by atoms with van der Waals surface area (Å²) in [7, 11) is 7.35. The first-order valence-electron chi connectivity index (χ1n) is 5.67. The van der Waals surface area contributed by atoms with Gasteiger partial charge in [-0.05, 0) is 10.7 Å². The molecule has 1 rings (SSSR count). The fourth-order valence-electron chi connectivity index (χ4n) is 1.45. The molecule has 0 N–H and O–H groups in total. The van der Waals surface area contributed by atoms with Crippen LogP contribution in [0.25, 0.3) is 0 Å². The van der Waals surface area contributed by atoms with Crippen LogP contribution < -0.4 is 0 Å². The van der Waals surface area contributed by atoms with Gasteiger partial charge in [0.2, 0.25) is 5.96 Å². The normalized spacial score (nSPS) is 9.56.